The van der Waals surface area contributed by atoms with Crippen molar-refractivity contribution < 1.29 is 9.84 Å². The quantitative estimate of drug-likeness (QED) is 0.811. The second-order valence-electron chi connectivity index (χ2n) is 3.21. The molecule has 0 saturated heterocycles. The van der Waals surface area contributed by atoms with Crippen LogP contribution in [0.3, 0.4) is 0 Å². The molecule has 0 aromatic heterocycles. The van der Waals surface area contributed by atoms with Gasteiger partial charge in [-0.1, -0.05) is 27.5 Å². The lowest BCUT2D eigenvalue weighted by atomic mass is 10.2. The van der Waals surface area contributed by atoms with E-state index < -0.39 is 0 Å². The molecule has 1 aromatic carbocycles. The third kappa shape index (κ3) is 4.87. The van der Waals surface area contributed by atoms with Gasteiger partial charge in [0.1, 0.15) is 5.75 Å². The van der Waals surface area contributed by atoms with Gasteiger partial charge in [0.05, 0.1) is 11.6 Å². The second kappa shape index (κ2) is 7.09. The summed E-state index contributed by atoms with van der Waals surface area (Å²) in [6.45, 7) is 0.889. The maximum atomic E-state index is 8.59. The van der Waals surface area contributed by atoms with E-state index in [0.717, 1.165) is 23.7 Å². The smallest absolute Gasteiger partial charge is 0.137 e. The minimum absolute atomic E-state index is 0.249. The van der Waals surface area contributed by atoms with Gasteiger partial charge >= 0.3 is 0 Å². The minimum atomic E-state index is 0.249. The van der Waals surface area contributed by atoms with Crippen molar-refractivity contribution in [1.29, 1.82) is 0 Å². The van der Waals surface area contributed by atoms with Crippen molar-refractivity contribution in [3.05, 3.63) is 27.7 Å². The van der Waals surface area contributed by atoms with E-state index in [9.17, 15) is 0 Å². The molecule has 4 heteroatoms. The topological polar surface area (TPSA) is 29.5 Å². The molecule has 15 heavy (non-hydrogen) atoms. The Bertz CT molecular complexity index is 305. The van der Waals surface area contributed by atoms with Crippen LogP contribution in [0.25, 0.3) is 0 Å². The Hall–Kier alpha value is -0.250. The highest BCUT2D eigenvalue weighted by atomic mass is 79.9. The van der Waals surface area contributed by atoms with E-state index in [4.69, 9.17) is 21.4 Å². The summed E-state index contributed by atoms with van der Waals surface area (Å²) in [5.74, 6) is 0.712. The van der Waals surface area contributed by atoms with Gasteiger partial charge in [-0.15, -0.1) is 0 Å². The molecular formula is C11H14BrClO2. The van der Waals surface area contributed by atoms with E-state index in [1.54, 1.807) is 0 Å². The average Bonchev–Trinajstić information content (AvgIpc) is 2.20. The van der Waals surface area contributed by atoms with Gasteiger partial charge in [0.25, 0.3) is 0 Å². The number of benzene rings is 1. The van der Waals surface area contributed by atoms with Crippen molar-refractivity contribution in [3.8, 4) is 5.75 Å². The largest absolute Gasteiger partial charge is 0.492 e. The third-order valence-corrected chi connectivity index (χ3v) is 2.74. The molecule has 1 N–H and O–H groups in total. The van der Waals surface area contributed by atoms with E-state index in [1.807, 2.05) is 18.2 Å². The summed E-state index contributed by atoms with van der Waals surface area (Å²) in [5.41, 5.74) is 0. The van der Waals surface area contributed by atoms with Gasteiger partial charge in [0, 0.05) is 11.1 Å². The SMILES string of the molecule is OCCCCCOc1ccc(Br)cc1Cl. The highest BCUT2D eigenvalue weighted by molar-refractivity contribution is 9.10. The summed E-state index contributed by atoms with van der Waals surface area (Å²) in [6, 6.07) is 5.55. The van der Waals surface area contributed by atoms with E-state index in [1.165, 1.54) is 0 Å². The molecule has 1 aromatic rings. The highest BCUT2D eigenvalue weighted by Crippen LogP contribution is 2.27. The molecule has 0 spiro atoms. The standard InChI is InChI=1S/C11H14BrClO2/c12-9-4-5-11(10(13)8-9)15-7-3-1-2-6-14/h4-5,8,14H,1-3,6-7H2. The summed E-state index contributed by atoms with van der Waals surface area (Å²) in [7, 11) is 0. The van der Waals surface area contributed by atoms with Crippen molar-refractivity contribution in [3.63, 3.8) is 0 Å². The van der Waals surface area contributed by atoms with Gasteiger partial charge in [-0.3, -0.25) is 0 Å². The molecule has 0 amide bonds. The molecule has 0 aliphatic rings. The minimum Gasteiger partial charge on any atom is -0.492 e. The molecule has 1 rings (SSSR count). The van der Waals surface area contributed by atoms with E-state index in [2.05, 4.69) is 15.9 Å². The fourth-order valence-electron chi connectivity index (χ4n) is 1.17. The van der Waals surface area contributed by atoms with Gasteiger partial charge < -0.3 is 9.84 Å². The Morgan fingerprint density at radius 1 is 1.27 bits per heavy atom. The van der Waals surface area contributed by atoms with Crippen LogP contribution >= 0.6 is 27.5 Å². The monoisotopic (exact) mass is 292 g/mol. The zero-order valence-corrected chi connectivity index (χ0v) is 10.7. The first-order chi connectivity index (χ1) is 7.24. The van der Waals surface area contributed by atoms with Crippen molar-refractivity contribution in [2.24, 2.45) is 0 Å². The molecule has 0 unspecified atom stereocenters. The number of unbranched alkanes of at least 4 members (excludes halogenated alkanes) is 2. The van der Waals surface area contributed by atoms with Crippen molar-refractivity contribution in [1.82, 2.24) is 0 Å². The fourth-order valence-corrected chi connectivity index (χ4v) is 1.89. The first-order valence-corrected chi connectivity index (χ1v) is 6.10. The maximum absolute atomic E-state index is 8.59. The lowest BCUT2D eigenvalue weighted by Crippen LogP contribution is -1.98. The number of ether oxygens (including phenoxy) is 1. The van der Waals surface area contributed by atoms with Crippen LogP contribution in [0.1, 0.15) is 19.3 Å². The van der Waals surface area contributed by atoms with Crippen LogP contribution in [0.4, 0.5) is 0 Å². The molecule has 0 radical (unpaired) electrons. The van der Waals surface area contributed by atoms with Crippen molar-refractivity contribution in [2.75, 3.05) is 13.2 Å². The van der Waals surface area contributed by atoms with Crippen LogP contribution in [-0.4, -0.2) is 18.3 Å². The summed E-state index contributed by atoms with van der Waals surface area (Å²) >= 11 is 9.31. The number of hydrogen-bond acceptors (Lipinski definition) is 2. The summed E-state index contributed by atoms with van der Waals surface area (Å²) < 4.78 is 6.45. The molecule has 0 heterocycles. The number of halogens is 2. The predicted molar refractivity (Wildman–Crippen MR) is 65.6 cm³/mol. The Labute approximate surface area is 103 Å². The van der Waals surface area contributed by atoms with Crippen LogP contribution in [0.15, 0.2) is 22.7 Å². The van der Waals surface area contributed by atoms with E-state index in [-0.39, 0.29) is 6.61 Å². The van der Waals surface area contributed by atoms with Gasteiger partial charge in [-0.05, 0) is 37.5 Å². The first kappa shape index (κ1) is 12.8. The van der Waals surface area contributed by atoms with Crippen LogP contribution in [-0.2, 0) is 0 Å². The number of rotatable bonds is 6. The molecule has 0 atom stereocenters. The van der Waals surface area contributed by atoms with E-state index in [0.29, 0.717) is 17.4 Å². The highest BCUT2D eigenvalue weighted by Gasteiger charge is 2.01. The second-order valence-corrected chi connectivity index (χ2v) is 4.53. The van der Waals surface area contributed by atoms with Gasteiger partial charge in [-0.25, -0.2) is 0 Å². The van der Waals surface area contributed by atoms with Crippen molar-refractivity contribution in [2.45, 2.75) is 19.3 Å². The van der Waals surface area contributed by atoms with Crippen LogP contribution in [0.5, 0.6) is 5.75 Å². The lowest BCUT2D eigenvalue weighted by Gasteiger charge is -2.07. The molecule has 0 fully saturated rings. The molecular weight excluding hydrogens is 279 g/mol. The van der Waals surface area contributed by atoms with Crippen molar-refractivity contribution >= 4 is 27.5 Å². The molecule has 0 aliphatic carbocycles. The molecule has 84 valence electrons. The maximum Gasteiger partial charge on any atom is 0.137 e. The Balaban J connectivity index is 2.31. The Morgan fingerprint density at radius 3 is 2.73 bits per heavy atom. The Morgan fingerprint density at radius 2 is 2.07 bits per heavy atom. The zero-order chi connectivity index (χ0) is 11.1. The van der Waals surface area contributed by atoms with Gasteiger partial charge in [0.15, 0.2) is 0 Å². The zero-order valence-electron chi connectivity index (χ0n) is 8.38. The lowest BCUT2D eigenvalue weighted by molar-refractivity contribution is 0.266. The van der Waals surface area contributed by atoms with Gasteiger partial charge in [-0.2, -0.15) is 0 Å². The number of aliphatic hydroxyl groups is 1. The van der Waals surface area contributed by atoms with Gasteiger partial charge in [0.2, 0.25) is 0 Å². The third-order valence-electron chi connectivity index (χ3n) is 1.95. The van der Waals surface area contributed by atoms with Crippen LogP contribution in [0, 0.1) is 0 Å². The summed E-state index contributed by atoms with van der Waals surface area (Å²) in [4.78, 5) is 0. The first-order valence-electron chi connectivity index (χ1n) is 4.93. The molecule has 2 nitrogen and oxygen atoms in total. The van der Waals surface area contributed by atoms with E-state index >= 15 is 0 Å². The molecule has 0 aliphatic heterocycles. The predicted octanol–water partition coefficient (Wildman–Crippen LogP) is 3.64. The Kier molecular flexibility index (Phi) is 6.06. The van der Waals surface area contributed by atoms with Crippen LogP contribution < -0.4 is 4.74 Å². The number of hydrogen-bond donors (Lipinski definition) is 1. The average molecular weight is 294 g/mol. The van der Waals surface area contributed by atoms with Crippen LogP contribution in [0.2, 0.25) is 5.02 Å². The molecule has 0 bridgehead atoms. The normalized spacial score (nSPS) is 10.3. The summed E-state index contributed by atoms with van der Waals surface area (Å²) in [6.07, 6.45) is 2.75. The molecule has 0 saturated carbocycles. The summed E-state index contributed by atoms with van der Waals surface area (Å²) in [5, 5.41) is 9.21. The fraction of sp³-hybridized carbons (Fsp3) is 0.455. The number of aliphatic hydroxyl groups excluding tert-OH is 1.